The van der Waals surface area contributed by atoms with Gasteiger partial charge in [0.25, 0.3) is 0 Å². The Balaban J connectivity index is 1.84. The molecular weight excluding hydrogens is 310 g/mol. The topological polar surface area (TPSA) is 49.4 Å². The van der Waals surface area contributed by atoms with Crippen molar-refractivity contribution in [2.24, 2.45) is 5.92 Å². The van der Waals surface area contributed by atoms with E-state index in [0.717, 1.165) is 31.8 Å². The summed E-state index contributed by atoms with van der Waals surface area (Å²) < 4.78 is 52.9. The minimum Gasteiger partial charge on any atom is -0.303 e. The van der Waals surface area contributed by atoms with Crippen molar-refractivity contribution in [3.05, 3.63) is 29.8 Å². The maximum Gasteiger partial charge on any atom is 0.243 e. The molecule has 0 spiro atoms. The SMILES string of the molecule is C[C@@H]1CCCN(CCCNS(=O)(=O)c2cc(F)ccc2F)C1. The van der Waals surface area contributed by atoms with Gasteiger partial charge >= 0.3 is 0 Å². The molecule has 1 heterocycles. The second-order valence-corrected chi connectivity index (χ2v) is 7.61. The Bertz CT molecular complexity index is 608. The summed E-state index contributed by atoms with van der Waals surface area (Å²) in [5.41, 5.74) is 0. The number of halogens is 2. The lowest BCUT2D eigenvalue weighted by Crippen LogP contribution is -2.36. The van der Waals surface area contributed by atoms with E-state index >= 15 is 0 Å². The molecule has 22 heavy (non-hydrogen) atoms. The molecule has 0 unspecified atom stereocenters. The van der Waals surface area contributed by atoms with Crippen molar-refractivity contribution in [2.75, 3.05) is 26.2 Å². The number of sulfonamides is 1. The highest BCUT2D eigenvalue weighted by atomic mass is 32.2. The smallest absolute Gasteiger partial charge is 0.243 e. The molecule has 1 aliphatic rings. The molecule has 1 atom stereocenters. The molecule has 7 heteroatoms. The first-order valence-corrected chi connectivity index (χ1v) is 9.04. The molecular formula is C15H22F2N2O2S. The minimum atomic E-state index is -4.01. The number of likely N-dealkylation sites (tertiary alicyclic amines) is 1. The fourth-order valence-corrected chi connectivity index (χ4v) is 3.92. The molecule has 4 nitrogen and oxygen atoms in total. The van der Waals surface area contributed by atoms with Crippen LogP contribution in [0.4, 0.5) is 8.78 Å². The average molecular weight is 332 g/mol. The van der Waals surface area contributed by atoms with Gasteiger partial charge < -0.3 is 4.90 Å². The van der Waals surface area contributed by atoms with Crippen molar-refractivity contribution in [3.63, 3.8) is 0 Å². The van der Waals surface area contributed by atoms with Crippen LogP contribution in [0.15, 0.2) is 23.1 Å². The van der Waals surface area contributed by atoms with Gasteiger partial charge in [0.1, 0.15) is 16.5 Å². The molecule has 0 radical (unpaired) electrons. The fraction of sp³-hybridized carbons (Fsp3) is 0.600. The zero-order valence-corrected chi connectivity index (χ0v) is 13.5. The molecule has 1 N–H and O–H groups in total. The zero-order valence-electron chi connectivity index (χ0n) is 12.7. The van der Waals surface area contributed by atoms with Crippen LogP contribution in [0.3, 0.4) is 0 Å². The number of hydrogen-bond donors (Lipinski definition) is 1. The maximum atomic E-state index is 13.5. The first-order chi connectivity index (χ1) is 10.4. The normalized spacial score (nSPS) is 20.2. The summed E-state index contributed by atoms with van der Waals surface area (Å²) in [6, 6.07) is 2.41. The van der Waals surface area contributed by atoms with Crippen LogP contribution < -0.4 is 4.72 Å². The molecule has 0 bridgehead atoms. The van der Waals surface area contributed by atoms with Gasteiger partial charge in [0.05, 0.1) is 0 Å². The first-order valence-electron chi connectivity index (χ1n) is 7.55. The maximum absolute atomic E-state index is 13.5. The Morgan fingerprint density at radius 3 is 2.86 bits per heavy atom. The van der Waals surface area contributed by atoms with Gasteiger partial charge in [-0.3, -0.25) is 0 Å². The van der Waals surface area contributed by atoms with Gasteiger partial charge in [-0.25, -0.2) is 21.9 Å². The summed E-state index contributed by atoms with van der Waals surface area (Å²) in [5.74, 6) is -1.05. The highest BCUT2D eigenvalue weighted by molar-refractivity contribution is 7.89. The van der Waals surface area contributed by atoms with Gasteiger partial charge in [-0.15, -0.1) is 0 Å². The van der Waals surface area contributed by atoms with Crippen molar-refractivity contribution in [1.29, 1.82) is 0 Å². The first kappa shape index (κ1) is 17.3. The summed E-state index contributed by atoms with van der Waals surface area (Å²) in [6.07, 6.45) is 3.05. The quantitative estimate of drug-likeness (QED) is 0.814. The molecule has 1 fully saturated rings. The molecule has 0 aromatic heterocycles. The van der Waals surface area contributed by atoms with Crippen LogP contribution in [0.25, 0.3) is 0 Å². The van der Waals surface area contributed by atoms with Crippen LogP contribution in [-0.2, 0) is 10.0 Å². The lowest BCUT2D eigenvalue weighted by molar-refractivity contribution is 0.182. The predicted octanol–water partition coefficient (Wildman–Crippen LogP) is 2.37. The summed E-state index contributed by atoms with van der Waals surface area (Å²) in [6.45, 7) is 5.30. The van der Waals surface area contributed by atoms with Gasteiger partial charge in [0, 0.05) is 13.1 Å². The summed E-state index contributed by atoms with van der Waals surface area (Å²) in [4.78, 5) is 1.67. The van der Waals surface area contributed by atoms with E-state index in [4.69, 9.17) is 0 Å². The third kappa shape index (κ3) is 4.72. The Morgan fingerprint density at radius 2 is 2.14 bits per heavy atom. The van der Waals surface area contributed by atoms with Gasteiger partial charge in [0.15, 0.2) is 0 Å². The number of hydrogen-bond acceptors (Lipinski definition) is 3. The Labute approximate surface area is 130 Å². The predicted molar refractivity (Wildman–Crippen MR) is 81.0 cm³/mol. The van der Waals surface area contributed by atoms with Crippen molar-refractivity contribution >= 4 is 10.0 Å². The number of benzene rings is 1. The van der Waals surface area contributed by atoms with E-state index in [1.807, 2.05) is 0 Å². The van der Waals surface area contributed by atoms with E-state index in [0.29, 0.717) is 18.4 Å². The molecule has 0 saturated carbocycles. The highest BCUT2D eigenvalue weighted by Crippen LogP contribution is 2.16. The molecule has 1 aromatic rings. The van der Waals surface area contributed by atoms with Crippen LogP contribution in [-0.4, -0.2) is 39.5 Å². The zero-order chi connectivity index (χ0) is 16.2. The number of nitrogens with zero attached hydrogens (tertiary/aromatic N) is 1. The van der Waals surface area contributed by atoms with Crippen molar-refractivity contribution in [2.45, 2.75) is 31.1 Å². The highest BCUT2D eigenvalue weighted by Gasteiger charge is 2.20. The van der Waals surface area contributed by atoms with E-state index < -0.39 is 26.6 Å². The Kier molecular flexibility index (Phi) is 5.88. The summed E-state index contributed by atoms with van der Waals surface area (Å²) in [5, 5.41) is 0. The average Bonchev–Trinajstić information content (AvgIpc) is 2.46. The van der Waals surface area contributed by atoms with Crippen molar-refractivity contribution in [1.82, 2.24) is 9.62 Å². The van der Waals surface area contributed by atoms with Gasteiger partial charge in [-0.2, -0.15) is 0 Å². The van der Waals surface area contributed by atoms with E-state index in [-0.39, 0.29) is 6.54 Å². The number of nitrogens with one attached hydrogen (secondary N) is 1. The van der Waals surface area contributed by atoms with Gasteiger partial charge in [-0.1, -0.05) is 6.92 Å². The molecule has 1 aliphatic heterocycles. The van der Waals surface area contributed by atoms with Crippen LogP contribution in [0, 0.1) is 17.6 Å². The van der Waals surface area contributed by atoms with Crippen LogP contribution >= 0.6 is 0 Å². The molecule has 124 valence electrons. The summed E-state index contributed by atoms with van der Waals surface area (Å²) >= 11 is 0. The monoisotopic (exact) mass is 332 g/mol. The van der Waals surface area contributed by atoms with Crippen molar-refractivity contribution in [3.8, 4) is 0 Å². The Hall–Kier alpha value is -1.05. The second kappa shape index (κ2) is 7.48. The largest absolute Gasteiger partial charge is 0.303 e. The number of rotatable bonds is 6. The Morgan fingerprint density at radius 1 is 1.36 bits per heavy atom. The second-order valence-electron chi connectivity index (χ2n) is 5.87. The molecule has 1 aromatic carbocycles. The molecule has 1 saturated heterocycles. The van der Waals surface area contributed by atoms with E-state index in [2.05, 4.69) is 16.5 Å². The van der Waals surface area contributed by atoms with E-state index in [1.165, 1.54) is 12.8 Å². The molecule has 0 amide bonds. The minimum absolute atomic E-state index is 0.211. The van der Waals surface area contributed by atoms with Crippen molar-refractivity contribution < 1.29 is 17.2 Å². The number of piperidine rings is 1. The van der Waals surface area contributed by atoms with Crippen LogP contribution in [0.5, 0.6) is 0 Å². The lowest BCUT2D eigenvalue weighted by atomic mass is 10.0. The van der Waals surface area contributed by atoms with Gasteiger partial charge in [0.2, 0.25) is 10.0 Å². The lowest BCUT2D eigenvalue weighted by Gasteiger charge is -2.30. The van der Waals surface area contributed by atoms with Crippen LogP contribution in [0.1, 0.15) is 26.2 Å². The van der Waals surface area contributed by atoms with Crippen LogP contribution in [0.2, 0.25) is 0 Å². The van der Waals surface area contributed by atoms with E-state index in [1.54, 1.807) is 0 Å². The van der Waals surface area contributed by atoms with Gasteiger partial charge in [-0.05, 0) is 56.5 Å². The summed E-state index contributed by atoms with van der Waals surface area (Å²) in [7, 11) is -4.01. The van der Waals surface area contributed by atoms with E-state index in [9.17, 15) is 17.2 Å². The fourth-order valence-electron chi connectivity index (χ4n) is 2.76. The molecule has 0 aliphatic carbocycles. The third-order valence-corrected chi connectivity index (χ3v) is 5.34. The third-order valence-electron chi connectivity index (χ3n) is 3.87. The standard InChI is InChI=1S/C15H22F2N2O2S/c1-12-4-2-8-19(11-12)9-3-7-18-22(20,21)15-10-13(16)5-6-14(15)17/h5-6,10,12,18H,2-4,7-9,11H2,1H3/t12-/m1/s1. The molecule has 2 rings (SSSR count).